The molecule has 2 heterocycles. The van der Waals surface area contributed by atoms with Crippen LogP contribution in [-0.2, 0) is 32.0 Å². The molecule has 12 heteroatoms. The van der Waals surface area contributed by atoms with E-state index in [9.17, 15) is 24.3 Å². The molecule has 12 nitrogen and oxygen atoms in total. The number of carbonyl (C=O) groups is 4. The first-order valence-electron chi connectivity index (χ1n) is 12.0. The van der Waals surface area contributed by atoms with Crippen LogP contribution in [0.4, 0.5) is 0 Å². The molecule has 0 aliphatic carbocycles. The van der Waals surface area contributed by atoms with Gasteiger partial charge in [-0.3, -0.25) is 14.4 Å². The fourth-order valence-corrected chi connectivity index (χ4v) is 3.90. The molecule has 3 amide bonds. The number of hydrogen-bond donors (Lipinski definition) is 7. The predicted octanol–water partition coefficient (Wildman–Crippen LogP) is 0.218. The summed E-state index contributed by atoms with van der Waals surface area (Å²) in [6.07, 6.45) is 4.87. The second kappa shape index (κ2) is 12.2. The number of nitrogens with one attached hydrogen (secondary N) is 5. The summed E-state index contributed by atoms with van der Waals surface area (Å²) < 4.78 is 0. The molecule has 3 rings (SSSR count). The normalized spacial score (nSPS) is 14.5. The van der Waals surface area contributed by atoms with Gasteiger partial charge in [-0.05, 0) is 24.5 Å². The Hall–Kier alpha value is -4.19. The van der Waals surface area contributed by atoms with Crippen LogP contribution in [0.5, 0.6) is 0 Å². The van der Waals surface area contributed by atoms with Crippen molar-refractivity contribution in [3.8, 4) is 0 Å². The van der Waals surface area contributed by atoms with Crippen molar-refractivity contribution in [2.75, 3.05) is 0 Å². The average Bonchev–Trinajstić information content (AvgIpc) is 3.51. The Morgan fingerprint density at radius 3 is 2.22 bits per heavy atom. The minimum atomic E-state index is -1.18. The van der Waals surface area contributed by atoms with Gasteiger partial charge in [-0.15, -0.1) is 0 Å². The zero-order valence-electron chi connectivity index (χ0n) is 20.9. The van der Waals surface area contributed by atoms with Crippen LogP contribution < -0.4 is 21.7 Å². The summed E-state index contributed by atoms with van der Waals surface area (Å²) in [5, 5.41) is 18.2. The van der Waals surface area contributed by atoms with Crippen molar-refractivity contribution in [1.29, 1.82) is 0 Å². The highest BCUT2D eigenvalue weighted by atomic mass is 16.4. The molecule has 4 atom stereocenters. The number of H-pyrrole nitrogens is 2. The smallest absolute Gasteiger partial charge is 0.326 e. The molecule has 1 aromatic carbocycles. The molecule has 8 N–H and O–H groups in total. The highest BCUT2D eigenvalue weighted by Gasteiger charge is 2.32. The molecule has 0 radical (unpaired) electrons. The average molecular weight is 512 g/mol. The summed E-state index contributed by atoms with van der Waals surface area (Å²) in [6, 6.07) is 3.36. The van der Waals surface area contributed by atoms with Crippen LogP contribution in [0.3, 0.4) is 0 Å². The lowest BCUT2D eigenvalue weighted by Crippen LogP contribution is -2.58. The lowest BCUT2D eigenvalue weighted by molar-refractivity contribution is -0.143. The van der Waals surface area contributed by atoms with Gasteiger partial charge in [0.1, 0.15) is 18.1 Å². The fourth-order valence-electron chi connectivity index (χ4n) is 3.90. The molecule has 0 bridgehead atoms. The molecule has 0 aliphatic rings. The number of aromatic amines is 2. The van der Waals surface area contributed by atoms with E-state index in [1.807, 2.05) is 24.3 Å². The van der Waals surface area contributed by atoms with E-state index in [2.05, 4.69) is 30.9 Å². The summed E-state index contributed by atoms with van der Waals surface area (Å²) in [7, 11) is 0. The Morgan fingerprint density at radius 1 is 0.946 bits per heavy atom. The Balaban J connectivity index is 1.86. The summed E-state index contributed by atoms with van der Waals surface area (Å²) >= 11 is 0. The maximum Gasteiger partial charge on any atom is 0.326 e. The van der Waals surface area contributed by atoms with E-state index in [4.69, 9.17) is 5.73 Å². The third-order valence-corrected chi connectivity index (χ3v) is 5.99. The molecule has 4 unspecified atom stereocenters. The summed E-state index contributed by atoms with van der Waals surface area (Å²) in [6.45, 7) is 4.84. The van der Waals surface area contributed by atoms with Crippen LogP contribution in [-0.4, -0.2) is 67.9 Å². The highest BCUT2D eigenvalue weighted by molar-refractivity contribution is 5.95. The molecule has 2 aromatic heterocycles. The SMILES string of the molecule is CC(N)C(=O)NC(Cc1c[nH]c2ccccc12)C(=O)NC(Cc1cnc[nH]1)C(=O)NC(C(=O)O)C(C)C. The summed E-state index contributed by atoms with van der Waals surface area (Å²) in [4.78, 5) is 60.6. The third kappa shape index (κ3) is 7.17. The standard InChI is InChI=1S/C25H33N7O5/c1-13(2)21(25(36)37)32-24(35)20(9-16-11-27-12-29-16)31-23(34)19(30-22(33)14(3)26)8-15-10-28-18-7-5-4-6-17(15)18/h4-7,10-14,19-21,28H,8-9,26H2,1-3H3,(H,27,29)(H,30,33)(H,31,34)(H,32,35)(H,36,37). The van der Waals surface area contributed by atoms with Crippen molar-refractivity contribution >= 4 is 34.6 Å². The minimum Gasteiger partial charge on any atom is -0.480 e. The molecule has 0 saturated carbocycles. The van der Waals surface area contributed by atoms with Crippen molar-refractivity contribution < 1.29 is 24.3 Å². The van der Waals surface area contributed by atoms with Gasteiger partial charge in [-0.25, -0.2) is 9.78 Å². The first-order valence-corrected chi connectivity index (χ1v) is 12.0. The molecule has 0 aliphatic heterocycles. The van der Waals surface area contributed by atoms with Crippen molar-refractivity contribution in [3.63, 3.8) is 0 Å². The van der Waals surface area contributed by atoms with E-state index in [1.54, 1.807) is 20.0 Å². The molecule has 0 fully saturated rings. The van der Waals surface area contributed by atoms with E-state index < -0.39 is 47.9 Å². The minimum absolute atomic E-state index is 0.0308. The number of aliphatic carboxylic acids is 1. The molecule has 198 valence electrons. The van der Waals surface area contributed by atoms with Gasteiger partial charge in [0, 0.05) is 41.8 Å². The number of fused-ring (bicyclic) bond motifs is 1. The molecule has 0 spiro atoms. The Morgan fingerprint density at radius 2 is 1.59 bits per heavy atom. The summed E-state index contributed by atoms with van der Waals surface area (Å²) in [5.41, 5.74) is 7.95. The van der Waals surface area contributed by atoms with Gasteiger partial charge < -0.3 is 36.8 Å². The highest BCUT2D eigenvalue weighted by Crippen LogP contribution is 2.19. The van der Waals surface area contributed by atoms with E-state index in [0.29, 0.717) is 5.69 Å². The van der Waals surface area contributed by atoms with E-state index in [-0.39, 0.29) is 18.8 Å². The number of para-hydroxylation sites is 1. The molecular weight excluding hydrogens is 478 g/mol. The third-order valence-electron chi connectivity index (χ3n) is 5.99. The second-order valence-electron chi connectivity index (χ2n) is 9.32. The number of imidazole rings is 1. The summed E-state index contributed by atoms with van der Waals surface area (Å²) in [5.74, 6) is -3.38. The predicted molar refractivity (Wildman–Crippen MR) is 136 cm³/mol. The maximum absolute atomic E-state index is 13.5. The van der Waals surface area contributed by atoms with Gasteiger partial charge in [-0.1, -0.05) is 32.0 Å². The molecular formula is C25H33N7O5. The van der Waals surface area contributed by atoms with Crippen LogP contribution in [0.15, 0.2) is 43.0 Å². The van der Waals surface area contributed by atoms with Crippen LogP contribution >= 0.6 is 0 Å². The quantitative estimate of drug-likeness (QED) is 0.180. The molecule has 0 saturated heterocycles. The van der Waals surface area contributed by atoms with Gasteiger partial charge in [0.2, 0.25) is 17.7 Å². The van der Waals surface area contributed by atoms with Gasteiger partial charge in [0.15, 0.2) is 0 Å². The molecule has 37 heavy (non-hydrogen) atoms. The zero-order chi connectivity index (χ0) is 27.1. The topological polar surface area (TPSA) is 195 Å². The Kier molecular flexibility index (Phi) is 9.01. The number of benzene rings is 1. The first kappa shape index (κ1) is 27.4. The van der Waals surface area contributed by atoms with E-state index in [0.717, 1.165) is 16.5 Å². The number of rotatable bonds is 12. The number of amides is 3. The monoisotopic (exact) mass is 511 g/mol. The maximum atomic E-state index is 13.5. The fraction of sp³-hybridized carbons (Fsp3) is 0.400. The lowest BCUT2D eigenvalue weighted by atomic mass is 10.0. The van der Waals surface area contributed by atoms with Crippen LogP contribution in [0.25, 0.3) is 10.9 Å². The number of nitrogens with two attached hydrogens (primary N) is 1. The van der Waals surface area contributed by atoms with Gasteiger partial charge >= 0.3 is 5.97 Å². The van der Waals surface area contributed by atoms with Gasteiger partial charge in [0.25, 0.3) is 0 Å². The largest absolute Gasteiger partial charge is 0.480 e. The lowest BCUT2D eigenvalue weighted by Gasteiger charge is -2.25. The Labute approximate surface area is 213 Å². The number of aromatic nitrogens is 3. The first-order chi connectivity index (χ1) is 17.6. The molecule has 3 aromatic rings. The van der Waals surface area contributed by atoms with Crippen molar-refractivity contribution in [1.82, 2.24) is 30.9 Å². The van der Waals surface area contributed by atoms with Crippen LogP contribution in [0.1, 0.15) is 32.0 Å². The number of carbonyl (C=O) groups excluding carboxylic acids is 3. The number of carboxylic acids is 1. The van der Waals surface area contributed by atoms with Gasteiger partial charge in [0.05, 0.1) is 12.4 Å². The number of hydrogen-bond acceptors (Lipinski definition) is 6. The van der Waals surface area contributed by atoms with Crippen LogP contribution in [0.2, 0.25) is 0 Å². The van der Waals surface area contributed by atoms with Crippen molar-refractivity contribution in [3.05, 3.63) is 54.2 Å². The zero-order valence-corrected chi connectivity index (χ0v) is 20.9. The van der Waals surface area contributed by atoms with E-state index >= 15 is 0 Å². The number of carboxylic acid groups (broad SMARTS) is 1. The van der Waals surface area contributed by atoms with Crippen molar-refractivity contribution in [2.24, 2.45) is 11.7 Å². The number of nitrogens with zero attached hydrogens (tertiary/aromatic N) is 1. The second-order valence-corrected chi connectivity index (χ2v) is 9.32. The van der Waals surface area contributed by atoms with E-state index in [1.165, 1.54) is 19.4 Å². The van der Waals surface area contributed by atoms with Crippen molar-refractivity contribution in [2.45, 2.75) is 57.8 Å². The van der Waals surface area contributed by atoms with Crippen LogP contribution in [0, 0.1) is 5.92 Å². The Bertz CT molecular complexity index is 1240. The van der Waals surface area contributed by atoms with Gasteiger partial charge in [-0.2, -0.15) is 0 Å².